The number of anilines is 1. The van der Waals surface area contributed by atoms with Gasteiger partial charge in [0.1, 0.15) is 0 Å². The Labute approximate surface area is 184 Å². The van der Waals surface area contributed by atoms with Crippen molar-refractivity contribution in [3.8, 4) is 0 Å². The Morgan fingerprint density at radius 3 is 1.87 bits per heavy atom. The van der Waals surface area contributed by atoms with Crippen molar-refractivity contribution in [2.75, 3.05) is 24.9 Å². The highest BCUT2D eigenvalue weighted by atomic mass is 32.2. The minimum absolute atomic E-state index is 0.0245. The van der Waals surface area contributed by atoms with Crippen LogP contribution < -0.4 is 9.44 Å². The van der Waals surface area contributed by atoms with E-state index in [9.17, 15) is 25.3 Å². The molecule has 0 aliphatic carbocycles. The SMILES string of the molecule is CCN(CC)S(=O)(=O)c1cc(C)c(C)c(NS(=O)(=O)c2cccc(S(=O)(=O)NC)c2)c1. The number of sulfonamides is 3. The molecule has 0 unspecified atom stereocenters. The van der Waals surface area contributed by atoms with Gasteiger partial charge in [-0.25, -0.2) is 30.0 Å². The largest absolute Gasteiger partial charge is 0.279 e. The van der Waals surface area contributed by atoms with Gasteiger partial charge in [-0.05, 0) is 62.4 Å². The minimum atomic E-state index is -4.19. The summed E-state index contributed by atoms with van der Waals surface area (Å²) in [5.41, 5.74) is 1.26. The molecular formula is C19H27N3O6S3. The Balaban J connectivity index is 2.56. The molecule has 12 heteroatoms. The van der Waals surface area contributed by atoms with E-state index in [0.717, 1.165) is 6.07 Å². The highest BCUT2D eigenvalue weighted by Crippen LogP contribution is 2.28. The molecule has 2 N–H and O–H groups in total. The van der Waals surface area contributed by atoms with Crippen LogP contribution in [-0.2, 0) is 30.1 Å². The first kappa shape index (κ1) is 25.3. The van der Waals surface area contributed by atoms with Crippen molar-refractivity contribution in [1.29, 1.82) is 0 Å². The maximum atomic E-state index is 13.0. The van der Waals surface area contributed by atoms with Crippen molar-refractivity contribution in [2.24, 2.45) is 0 Å². The van der Waals surface area contributed by atoms with Crippen molar-refractivity contribution in [3.63, 3.8) is 0 Å². The predicted octanol–water partition coefficient (Wildman–Crippen LogP) is 2.04. The molecule has 0 saturated heterocycles. The number of nitrogens with zero attached hydrogens (tertiary/aromatic N) is 1. The zero-order valence-corrected chi connectivity index (χ0v) is 20.4. The molecular weight excluding hydrogens is 462 g/mol. The first-order chi connectivity index (χ1) is 14.3. The van der Waals surface area contributed by atoms with Gasteiger partial charge in [0.15, 0.2) is 0 Å². The van der Waals surface area contributed by atoms with Crippen LogP contribution in [0.15, 0.2) is 51.1 Å². The summed E-state index contributed by atoms with van der Waals surface area (Å²) in [7, 11) is -10.6. The van der Waals surface area contributed by atoms with E-state index in [4.69, 9.17) is 0 Å². The summed E-state index contributed by atoms with van der Waals surface area (Å²) < 4.78 is 81.6. The lowest BCUT2D eigenvalue weighted by molar-refractivity contribution is 0.445. The van der Waals surface area contributed by atoms with Crippen LogP contribution in [0.3, 0.4) is 0 Å². The molecule has 2 aromatic rings. The number of hydrogen-bond donors (Lipinski definition) is 2. The van der Waals surface area contributed by atoms with Crippen LogP contribution in [0.2, 0.25) is 0 Å². The fourth-order valence-electron chi connectivity index (χ4n) is 2.92. The van der Waals surface area contributed by atoms with Crippen molar-refractivity contribution in [2.45, 2.75) is 42.4 Å². The van der Waals surface area contributed by atoms with E-state index in [0.29, 0.717) is 11.1 Å². The summed E-state index contributed by atoms with van der Waals surface area (Å²) >= 11 is 0. The van der Waals surface area contributed by atoms with Crippen molar-refractivity contribution >= 4 is 35.8 Å². The van der Waals surface area contributed by atoms with Crippen LogP contribution in [-0.4, -0.2) is 49.7 Å². The molecule has 0 aliphatic heterocycles. The topological polar surface area (TPSA) is 130 Å². The number of benzene rings is 2. The molecule has 9 nitrogen and oxygen atoms in total. The van der Waals surface area contributed by atoms with Gasteiger partial charge in [-0.2, -0.15) is 4.31 Å². The summed E-state index contributed by atoms with van der Waals surface area (Å²) in [4.78, 5) is -0.495. The van der Waals surface area contributed by atoms with Crippen molar-refractivity contribution < 1.29 is 25.3 Å². The first-order valence-corrected chi connectivity index (χ1v) is 13.9. The second-order valence-electron chi connectivity index (χ2n) is 6.79. The fraction of sp³-hybridized carbons (Fsp3) is 0.368. The van der Waals surface area contributed by atoms with Gasteiger partial charge in [0.2, 0.25) is 20.0 Å². The van der Waals surface area contributed by atoms with Gasteiger partial charge < -0.3 is 0 Å². The van der Waals surface area contributed by atoms with Gasteiger partial charge >= 0.3 is 0 Å². The van der Waals surface area contributed by atoms with Crippen LogP contribution in [0.1, 0.15) is 25.0 Å². The highest BCUT2D eigenvalue weighted by Gasteiger charge is 2.25. The van der Waals surface area contributed by atoms with Gasteiger partial charge in [0.05, 0.1) is 20.4 Å². The Morgan fingerprint density at radius 1 is 0.806 bits per heavy atom. The predicted molar refractivity (Wildman–Crippen MR) is 120 cm³/mol. The van der Waals surface area contributed by atoms with Crippen LogP contribution in [0, 0.1) is 13.8 Å². The Hall–Kier alpha value is -1.99. The van der Waals surface area contributed by atoms with Gasteiger partial charge in [0, 0.05) is 13.1 Å². The highest BCUT2D eigenvalue weighted by molar-refractivity contribution is 7.93. The second kappa shape index (κ2) is 9.25. The molecule has 0 atom stereocenters. The molecule has 0 fully saturated rings. The average Bonchev–Trinajstić information content (AvgIpc) is 2.71. The molecule has 0 amide bonds. The van der Waals surface area contributed by atoms with Gasteiger partial charge in [-0.1, -0.05) is 19.9 Å². The smallest absolute Gasteiger partial charge is 0.261 e. The molecule has 0 spiro atoms. The third kappa shape index (κ3) is 5.26. The van der Waals surface area contributed by atoms with E-state index in [-0.39, 0.29) is 33.5 Å². The standard InChI is InChI=1S/C19H27N3O6S3/c1-6-22(7-2)31(27,28)18-11-14(3)15(4)19(13-18)21-30(25,26)17-10-8-9-16(12-17)29(23,24)20-5/h8-13,20-21H,6-7H2,1-5H3. The molecule has 172 valence electrons. The monoisotopic (exact) mass is 489 g/mol. The normalized spacial score (nSPS) is 12.8. The van der Waals surface area contributed by atoms with E-state index in [2.05, 4.69) is 9.44 Å². The molecule has 31 heavy (non-hydrogen) atoms. The molecule has 0 saturated carbocycles. The number of aryl methyl sites for hydroxylation is 1. The lowest BCUT2D eigenvalue weighted by Crippen LogP contribution is -2.30. The quantitative estimate of drug-likeness (QED) is 0.554. The zero-order chi connectivity index (χ0) is 23.6. The van der Waals surface area contributed by atoms with Crippen LogP contribution in [0.25, 0.3) is 0 Å². The lowest BCUT2D eigenvalue weighted by Gasteiger charge is -2.20. The summed E-state index contributed by atoms with van der Waals surface area (Å²) in [6, 6.07) is 7.67. The van der Waals surface area contributed by atoms with E-state index in [1.54, 1.807) is 27.7 Å². The van der Waals surface area contributed by atoms with E-state index >= 15 is 0 Å². The molecule has 0 radical (unpaired) electrons. The molecule has 0 bridgehead atoms. The van der Waals surface area contributed by atoms with Gasteiger partial charge in [0.25, 0.3) is 10.0 Å². The Kier molecular flexibility index (Phi) is 7.54. The summed E-state index contributed by atoms with van der Waals surface area (Å²) in [5.74, 6) is 0. The molecule has 0 aliphatic rings. The van der Waals surface area contributed by atoms with Crippen LogP contribution in [0.5, 0.6) is 0 Å². The third-order valence-corrected chi connectivity index (χ3v) is 9.73. The average molecular weight is 490 g/mol. The van der Waals surface area contributed by atoms with Crippen LogP contribution in [0.4, 0.5) is 5.69 Å². The molecule has 0 aromatic heterocycles. The Morgan fingerprint density at radius 2 is 1.35 bits per heavy atom. The van der Waals surface area contributed by atoms with E-state index < -0.39 is 30.1 Å². The molecule has 2 rings (SSSR count). The van der Waals surface area contributed by atoms with Gasteiger partial charge in [-0.3, -0.25) is 4.72 Å². The maximum Gasteiger partial charge on any atom is 0.261 e. The number of nitrogens with one attached hydrogen (secondary N) is 2. The molecule has 2 aromatic carbocycles. The number of rotatable bonds is 9. The first-order valence-electron chi connectivity index (χ1n) is 9.48. The fourth-order valence-corrected chi connectivity index (χ4v) is 6.50. The summed E-state index contributed by atoms with van der Waals surface area (Å²) in [6.45, 7) is 7.35. The second-order valence-corrected chi connectivity index (χ2v) is 12.3. The van der Waals surface area contributed by atoms with Gasteiger partial charge in [-0.15, -0.1) is 0 Å². The maximum absolute atomic E-state index is 13.0. The molecule has 0 heterocycles. The van der Waals surface area contributed by atoms with E-state index in [1.807, 2.05) is 0 Å². The van der Waals surface area contributed by atoms with Crippen molar-refractivity contribution in [1.82, 2.24) is 9.03 Å². The Bertz CT molecular complexity index is 1280. The lowest BCUT2D eigenvalue weighted by atomic mass is 10.1. The zero-order valence-electron chi connectivity index (χ0n) is 18.0. The summed E-state index contributed by atoms with van der Waals surface area (Å²) in [5, 5.41) is 0. The number of hydrogen-bond acceptors (Lipinski definition) is 6. The minimum Gasteiger partial charge on any atom is -0.279 e. The third-order valence-electron chi connectivity index (χ3n) is 4.92. The van der Waals surface area contributed by atoms with Crippen molar-refractivity contribution in [3.05, 3.63) is 47.5 Å². The van der Waals surface area contributed by atoms with E-state index in [1.165, 1.54) is 41.7 Å². The summed E-state index contributed by atoms with van der Waals surface area (Å²) in [6.07, 6.45) is 0. The van der Waals surface area contributed by atoms with Crippen LogP contribution >= 0.6 is 0 Å².